The number of urea groups is 1. The lowest BCUT2D eigenvalue weighted by Crippen LogP contribution is -2.19. The molecular weight excluding hydrogens is 415 g/mol. The molecule has 0 saturated heterocycles. The first-order valence-corrected chi connectivity index (χ1v) is 9.54. The van der Waals surface area contributed by atoms with E-state index in [0.717, 1.165) is 0 Å². The van der Waals surface area contributed by atoms with E-state index in [1.807, 2.05) is 0 Å². The number of benzene rings is 3. The van der Waals surface area contributed by atoms with Crippen molar-refractivity contribution in [3.63, 3.8) is 0 Å². The van der Waals surface area contributed by atoms with Crippen molar-refractivity contribution < 1.29 is 23.4 Å². The molecule has 2 N–H and O–H groups in total. The van der Waals surface area contributed by atoms with Gasteiger partial charge in [-0.3, -0.25) is 0 Å². The van der Waals surface area contributed by atoms with Gasteiger partial charge in [-0.1, -0.05) is 0 Å². The van der Waals surface area contributed by atoms with Gasteiger partial charge in [-0.2, -0.15) is 0 Å². The molecule has 0 aliphatic heterocycles. The number of fused-ring (bicyclic) bond motifs is 1. The Balaban J connectivity index is 1.47. The van der Waals surface area contributed by atoms with Crippen LogP contribution in [0.2, 0.25) is 0 Å². The number of ether oxygens (including phenoxy) is 3. The lowest BCUT2D eigenvalue weighted by atomic mass is 10.2. The van der Waals surface area contributed by atoms with E-state index in [0.29, 0.717) is 45.4 Å². The SMILES string of the molecule is COc1cc2ncnc(Oc3ccc(NC(=O)Nc4ccc(F)cc4)cc3)c2cc1OC. The summed E-state index contributed by atoms with van der Waals surface area (Å²) < 4.78 is 29.5. The number of nitrogens with one attached hydrogen (secondary N) is 2. The fraction of sp³-hybridized carbons (Fsp3) is 0.0870. The van der Waals surface area contributed by atoms with Crippen LogP contribution >= 0.6 is 0 Å². The molecule has 9 heteroatoms. The number of nitrogens with zero attached hydrogens (tertiary/aromatic N) is 2. The zero-order chi connectivity index (χ0) is 22.5. The van der Waals surface area contributed by atoms with Gasteiger partial charge in [0.1, 0.15) is 17.9 Å². The second-order valence-electron chi connectivity index (χ2n) is 6.62. The van der Waals surface area contributed by atoms with Gasteiger partial charge in [0, 0.05) is 17.4 Å². The van der Waals surface area contributed by atoms with Crippen LogP contribution in [0.1, 0.15) is 0 Å². The third kappa shape index (κ3) is 4.67. The summed E-state index contributed by atoms with van der Waals surface area (Å²) in [4.78, 5) is 20.6. The van der Waals surface area contributed by atoms with Crippen LogP contribution in [0.5, 0.6) is 23.1 Å². The van der Waals surface area contributed by atoms with Crippen LogP contribution in [0.25, 0.3) is 10.9 Å². The Morgan fingerprint density at radius 1 is 0.844 bits per heavy atom. The maximum Gasteiger partial charge on any atom is 0.323 e. The molecule has 1 aromatic heterocycles. The molecule has 3 aromatic carbocycles. The van der Waals surface area contributed by atoms with Crippen molar-refractivity contribution in [2.24, 2.45) is 0 Å². The predicted molar refractivity (Wildman–Crippen MR) is 118 cm³/mol. The number of carbonyl (C=O) groups excluding carboxylic acids is 1. The Hall–Kier alpha value is -4.40. The lowest BCUT2D eigenvalue weighted by Gasteiger charge is -2.12. The molecule has 0 radical (unpaired) electrons. The van der Waals surface area contributed by atoms with Gasteiger partial charge in [-0.15, -0.1) is 0 Å². The Morgan fingerprint density at radius 3 is 2.06 bits per heavy atom. The highest BCUT2D eigenvalue weighted by molar-refractivity contribution is 5.99. The highest BCUT2D eigenvalue weighted by Gasteiger charge is 2.12. The zero-order valence-electron chi connectivity index (χ0n) is 17.3. The number of hydrogen-bond acceptors (Lipinski definition) is 6. The first-order valence-electron chi connectivity index (χ1n) is 9.54. The molecular formula is C23H19FN4O4. The van der Waals surface area contributed by atoms with Crippen LogP contribution in [0, 0.1) is 5.82 Å². The van der Waals surface area contributed by atoms with Gasteiger partial charge in [-0.25, -0.2) is 19.2 Å². The molecule has 32 heavy (non-hydrogen) atoms. The Morgan fingerprint density at radius 2 is 1.44 bits per heavy atom. The predicted octanol–water partition coefficient (Wildman–Crippen LogP) is 5.22. The molecule has 0 spiro atoms. The van der Waals surface area contributed by atoms with Crippen molar-refractivity contribution >= 4 is 28.3 Å². The Bertz CT molecular complexity index is 1250. The van der Waals surface area contributed by atoms with E-state index in [1.165, 1.54) is 30.6 Å². The molecule has 0 fully saturated rings. The number of halogens is 1. The number of amides is 2. The highest BCUT2D eigenvalue weighted by Crippen LogP contribution is 2.35. The second kappa shape index (κ2) is 9.17. The first kappa shape index (κ1) is 20.9. The summed E-state index contributed by atoms with van der Waals surface area (Å²) in [6.45, 7) is 0. The molecule has 8 nitrogen and oxygen atoms in total. The van der Waals surface area contributed by atoms with Gasteiger partial charge in [0.15, 0.2) is 11.5 Å². The van der Waals surface area contributed by atoms with Gasteiger partial charge in [-0.05, 0) is 54.6 Å². The average molecular weight is 434 g/mol. The summed E-state index contributed by atoms with van der Waals surface area (Å²) in [5.74, 6) is 1.58. The van der Waals surface area contributed by atoms with Gasteiger partial charge in [0.05, 0.1) is 25.1 Å². The summed E-state index contributed by atoms with van der Waals surface area (Å²) >= 11 is 0. The third-order valence-electron chi connectivity index (χ3n) is 4.53. The van der Waals surface area contributed by atoms with Crippen molar-refractivity contribution in [3.8, 4) is 23.1 Å². The Labute approximate surface area is 183 Å². The maximum absolute atomic E-state index is 13.0. The maximum atomic E-state index is 13.0. The van der Waals surface area contributed by atoms with Crippen LogP contribution in [-0.2, 0) is 0 Å². The van der Waals surface area contributed by atoms with Crippen molar-refractivity contribution in [1.29, 1.82) is 0 Å². The van der Waals surface area contributed by atoms with E-state index in [1.54, 1.807) is 50.6 Å². The standard InChI is InChI=1S/C23H19FN4O4/c1-30-20-11-18-19(12-21(20)31-2)25-13-26-22(18)32-17-9-7-16(8-10-17)28-23(29)27-15-5-3-14(24)4-6-15/h3-13H,1-2H3,(H2,27,28,29). The number of methoxy groups -OCH3 is 2. The van der Waals surface area contributed by atoms with E-state index in [4.69, 9.17) is 14.2 Å². The summed E-state index contributed by atoms with van der Waals surface area (Å²) in [5, 5.41) is 5.98. The molecule has 0 aliphatic carbocycles. The monoisotopic (exact) mass is 434 g/mol. The Kier molecular flexibility index (Phi) is 5.98. The van der Waals surface area contributed by atoms with Crippen LogP contribution in [0.3, 0.4) is 0 Å². The van der Waals surface area contributed by atoms with Crippen LogP contribution in [0.4, 0.5) is 20.6 Å². The van der Waals surface area contributed by atoms with Gasteiger partial charge in [0.25, 0.3) is 0 Å². The first-order chi connectivity index (χ1) is 15.6. The molecule has 2 amide bonds. The average Bonchev–Trinajstić information content (AvgIpc) is 2.81. The molecule has 162 valence electrons. The number of anilines is 2. The minimum absolute atomic E-state index is 0.353. The molecule has 0 saturated carbocycles. The second-order valence-corrected chi connectivity index (χ2v) is 6.62. The minimum Gasteiger partial charge on any atom is -0.493 e. The molecule has 4 rings (SSSR count). The lowest BCUT2D eigenvalue weighted by molar-refractivity contribution is 0.262. The highest BCUT2D eigenvalue weighted by atomic mass is 19.1. The van der Waals surface area contributed by atoms with Crippen LogP contribution < -0.4 is 24.8 Å². The quantitative estimate of drug-likeness (QED) is 0.432. The van der Waals surface area contributed by atoms with Gasteiger partial charge >= 0.3 is 6.03 Å². The summed E-state index contributed by atoms with van der Waals surface area (Å²) in [7, 11) is 3.10. The van der Waals surface area contributed by atoms with Gasteiger partial charge < -0.3 is 24.8 Å². The van der Waals surface area contributed by atoms with Crippen LogP contribution in [0.15, 0.2) is 67.0 Å². The number of carbonyl (C=O) groups is 1. The molecule has 4 aromatic rings. The van der Waals surface area contributed by atoms with E-state index < -0.39 is 6.03 Å². The fourth-order valence-electron chi connectivity index (χ4n) is 2.99. The van der Waals surface area contributed by atoms with Crippen molar-refractivity contribution in [2.45, 2.75) is 0 Å². The van der Waals surface area contributed by atoms with Crippen molar-refractivity contribution in [1.82, 2.24) is 9.97 Å². The van der Waals surface area contributed by atoms with Crippen molar-refractivity contribution in [3.05, 3.63) is 72.8 Å². The zero-order valence-corrected chi connectivity index (χ0v) is 17.3. The normalized spacial score (nSPS) is 10.5. The van der Waals surface area contributed by atoms with E-state index in [2.05, 4.69) is 20.6 Å². The largest absolute Gasteiger partial charge is 0.493 e. The fourth-order valence-corrected chi connectivity index (χ4v) is 2.99. The van der Waals surface area contributed by atoms with Gasteiger partial charge in [0.2, 0.25) is 5.88 Å². The number of hydrogen-bond donors (Lipinski definition) is 2. The van der Waals surface area contributed by atoms with Crippen molar-refractivity contribution in [2.75, 3.05) is 24.9 Å². The van der Waals surface area contributed by atoms with E-state index >= 15 is 0 Å². The van der Waals surface area contributed by atoms with E-state index in [9.17, 15) is 9.18 Å². The summed E-state index contributed by atoms with van der Waals surface area (Å²) in [6.07, 6.45) is 1.40. The number of rotatable bonds is 6. The number of aromatic nitrogens is 2. The smallest absolute Gasteiger partial charge is 0.323 e. The summed E-state index contributed by atoms with van der Waals surface area (Å²) in [5.41, 5.74) is 1.67. The molecule has 0 bridgehead atoms. The molecule has 0 unspecified atom stereocenters. The van der Waals surface area contributed by atoms with E-state index in [-0.39, 0.29) is 5.82 Å². The summed E-state index contributed by atoms with van der Waals surface area (Å²) in [6, 6.07) is 15.3. The topological polar surface area (TPSA) is 94.6 Å². The third-order valence-corrected chi connectivity index (χ3v) is 4.53. The molecule has 0 atom stereocenters. The minimum atomic E-state index is -0.451. The van der Waals surface area contributed by atoms with Crippen LogP contribution in [-0.4, -0.2) is 30.2 Å². The molecule has 1 heterocycles. The molecule has 0 aliphatic rings.